The van der Waals surface area contributed by atoms with Crippen LogP contribution < -0.4 is 10.1 Å². The number of nitrogens with one attached hydrogen (secondary N) is 1. The van der Waals surface area contributed by atoms with Gasteiger partial charge in [-0.3, -0.25) is 0 Å². The third-order valence-corrected chi connectivity index (χ3v) is 2.65. The molecule has 1 aromatic carbocycles. The highest BCUT2D eigenvalue weighted by Crippen LogP contribution is 2.22. The van der Waals surface area contributed by atoms with E-state index in [1.165, 1.54) is 0 Å². The van der Waals surface area contributed by atoms with Crippen LogP contribution in [0.4, 0.5) is 8.78 Å². The molecule has 0 bridgehead atoms. The van der Waals surface area contributed by atoms with Crippen LogP contribution in [0, 0.1) is 0 Å². The molecule has 0 radical (unpaired) electrons. The highest BCUT2D eigenvalue weighted by Gasteiger charge is 2.08. The van der Waals surface area contributed by atoms with E-state index in [1.807, 2.05) is 12.1 Å². The van der Waals surface area contributed by atoms with Gasteiger partial charge in [-0.2, -0.15) is 0 Å². The lowest BCUT2D eigenvalue weighted by molar-refractivity contribution is 0.0819. The number of alkyl halides is 2. The summed E-state index contributed by atoms with van der Waals surface area (Å²) in [4.78, 5) is 0. The Morgan fingerprint density at radius 1 is 1.28 bits per heavy atom. The summed E-state index contributed by atoms with van der Waals surface area (Å²) in [5.74, 6) is 0.453. The van der Waals surface area contributed by atoms with Gasteiger partial charge < -0.3 is 10.1 Å². The lowest BCUT2D eigenvalue weighted by Gasteiger charge is -2.18. The zero-order valence-electron chi connectivity index (χ0n) is 9.96. The third-order valence-electron chi connectivity index (χ3n) is 2.65. The molecular weight excluding hydrogens is 236 g/mol. The molecule has 0 saturated heterocycles. The maximum absolute atomic E-state index is 12.0. The third kappa shape index (κ3) is 3.32. The van der Waals surface area contributed by atoms with Crippen LogP contribution in [0.15, 0.2) is 42.6 Å². The molecule has 0 amide bonds. The predicted molar refractivity (Wildman–Crippen MR) is 67.4 cm³/mol. The standard InChI is InChI=1S/C14H15F2NO/c1-10-3-2-4-13(17-10)11-5-7-12(8-6-11)18-9-14(15)16/h4-8,14,17H,1-3,9H2. The second-order valence-corrected chi connectivity index (χ2v) is 4.11. The molecule has 2 rings (SSSR count). The lowest BCUT2D eigenvalue weighted by Crippen LogP contribution is -2.14. The molecule has 18 heavy (non-hydrogen) atoms. The van der Waals surface area contributed by atoms with Gasteiger partial charge in [0.1, 0.15) is 12.4 Å². The van der Waals surface area contributed by atoms with E-state index in [0.29, 0.717) is 5.75 Å². The average molecular weight is 251 g/mol. The first kappa shape index (κ1) is 12.6. The first-order chi connectivity index (χ1) is 8.65. The molecule has 0 unspecified atom stereocenters. The van der Waals surface area contributed by atoms with Gasteiger partial charge >= 0.3 is 0 Å². The van der Waals surface area contributed by atoms with E-state index in [4.69, 9.17) is 4.74 Å². The van der Waals surface area contributed by atoms with Gasteiger partial charge in [-0.25, -0.2) is 8.78 Å². The van der Waals surface area contributed by atoms with E-state index in [-0.39, 0.29) is 0 Å². The number of hydrogen-bond acceptors (Lipinski definition) is 2. The summed E-state index contributed by atoms with van der Waals surface area (Å²) in [6.45, 7) is 3.32. The van der Waals surface area contributed by atoms with E-state index in [9.17, 15) is 8.78 Å². The summed E-state index contributed by atoms with van der Waals surface area (Å²) in [5.41, 5.74) is 3.00. The number of rotatable bonds is 4. The minimum Gasteiger partial charge on any atom is -0.488 e. The van der Waals surface area contributed by atoms with E-state index < -0.39 is 13.0 Å². The number of allylic oxidation sites excluding steroid dienone is 2. The fourth-order valence-corrected chi connectivity index (χ4v) is 1.77. The quantitative estimate of drug-likeness (QED) is 0.883. The maximum Gasteiger partial charge on any atom is 0.272 e. The van der Waals surface area contributed by atoms with Gasteiger partial charge in [-0.05, 0) is 42.7 Å². The summed E-state index contributed by atoms with van der Waals surface area (Å²) >= 11 is 0. The molecule has 1 N–H and O–H groups in total. The number of benzene rings is 1. The van der Waals surface area contributed by atoms with Crippen LogP contribution in [0.1, 0.15) is 18.4 Å². The van der Waals surface area contributed by atoms with Gasteiger partial charge in [0, 0.05) is 11.4 Å². The Bertz CT molecular complexity index is 451. The van der Waals surface area contributed by atoms with Crippen LogP contribution in [-0.4, -0.2) is 13.0 Å². The molecule has 1 aliphatic rings. The molecule has 1 aliphatic heterocycles. The van der Waals surface area contributed by atoms with Gasteiger partial charge in [0.2, 0.25) is 0 Å². The van der Waals surface area contributed by atoms with E-state index >= 15 is 0 Å². The van der Waals surface area contributed by atoms with Gasteiger partial charge in [-0.1, -0.05) is 12.7 Å². The summed E-state index contributed by atoms with van der Waals surface area (Å²) in [6.07, 6.45) is 1.56. The van der Waals surface area contributed by atoms with Crippen molar-refractivity contribution in [2.24, 2.45) is 0 Å². The zero-order chi connectivity index (χ0) is 13.0. The molecule has 0 saturated carbocycles. The van der Waals surface area contributed by atoms with Crippen LogP contribution >= 0.6 is 0 Å². The smallest absolute Gasteiger partial charge is 0.272 e. The summed E-state index contributed by atoms with van der Waals surface area (Å²) < 4.78 is 28.9. The second kappa shape index (κ2) is 5.67. The monoisotopic (exact) mass is 251 g/mol. The van der Waals surface area contributed by atoms with Crippen molar-refractivity contribution >= 4 is 5.70 Å². The van der Waals surface area contributed by atoms with Crippen LogP contribution in [-0.2, 0) is 0 Å². The average Bonchev–Trinajstić information content (AvgIpc) is 2.37. The molecule has 1 heterocycles. The van der Waals surface area contributed by atoms with Crippen molar-refractivity contribution in [2.75, 3.05) is 6.61 Å². The van der Waals surface area contributed by atoms with Crippen molar-refractivity contribution in [1.29, 1.82) is 0 Å². The van der Waals surface area contributed by atoms with Crippen LogP contribution in [0.2, 0.25) is 0 Å². The molecule has 0 fully saturated rings. The minimum absolute atomic E-state index is 0.453. The van der Waals surface area contributed by atoms with Crippen LogP contribution in [0.5, 0.6) is 5.75 Å². The van der Waals surface area contributed by atoms with Gasteiger partial charge in [-0.15, -0.1) is 0 Å². The Kier molecular flexibility index (Phi) is 3.97. The fourth-order valence-electron chi connectivity index (χ4n) is 1.77. The SMILES string of the molecule is C=C1CCC=C(c2ccc(OCC(F)F)cc2)N1. The minimum atomic E-state index is -2.45. The molecule has 0 spiro atoms. The molecule has 0 aliphatic carbocycles. The first-order valence-electron chi connectivity index (χ1n) is 5.81. The second-order valence-electron chi connectivity index (χ2n) is 4.11. The maximum atomic E-state index is 12.0. The predicted octanol–water partition coefficient (Wildman–Crippen LogP) is 3.57. The van der Waals surface area contributed by atoms with Gasteiger partial charge in [0.05, 0.1) is 0 Å². The molecule has 0 aromatic heterocycles. The Hall–Kier alpha value is -1.84. The molecular formula is C14H15F2NO. The topological polar surface area (TPSA) is 21.3 Å². The van der Waals surface area contributed by atoms with Gasteiger partial charge in [0.15, 0.2) is 0 Å². The van der Waals surface area contributed by atoms with Crippen molar-refractivity contribution < 1.29 is 13.5 Å². The molecule has 1 aromatic rings. The number of hydrogen-bond donors (Lipinski definition) is 1. The van der Waals surface area contributed by atoms with Gasteiger partial charge in [0.25, 0.3) is 6.43 Å². The summed E-state index contributed by atoms with van der Waals surface area (Å²) in [6, 6.07) is 7.08. The van der Waals surface area contributed by atoms with E-state index in [1.54, 1.807) is 12.1 Å². The van der Waals surface area contributed by atoms with Crippen molar-refractivity contribution in [3.05, 3.63) is 48.2 Å². The summed E-state index contributed by atoms with van der Waals surface area (Å²) in [7, 11) is 0. The summed E-state index contributed by atoms with van der Waals surface area (Å²) in [5, 5.41) is 3.21. The Morgan fingerprint density at radius 2 is 2.00 bits per heavy atom. The van der Waals surface area contributed by atoms with Crippen molar-refractivity contribution in [2.45, 2.75) is 19.3 Å². The molecule has 96 valence electrons. The van der Waals surface area contributed by atoms with E-state index in [0.717, 1.165) is 29.8 Å². The zero-order valence-corrected chi connectivity index (χ0v) is 9.96. The normalized spacial score (nSPS) is 15.3. The van der Waals surface area contributed by atoms with Crippen molar-refractivity contribution in [1.82, 2.24) is 5.32 Å². The molecule has 4 heteroatoms. The Labute approximate surface area is 105 Å². The molecule has 0 atom stereocenters. The van der Waals surface area contributed by atoms with Crippen LogP contribution in [0.3, 0.4) is 0 Å². The largest absolute Gasteiger partial charge is 0.488 e. The Morgan fingerprint density at radius 3 is 2.61 bits per heavy atom. The van der Waals surface area contributed by atoms with Crippen molar-refractivity contribution in [3.63, 3.8) is 0 Å². The van der Waals surface area contributed by atoms with Crippen LogP contribution in [0.25, 0.3) is 5.70 Å². The Balaban J connectivity index is 2.03. The lowest BCUT2D eigenvalue weighted by atomic mass is 10.1. The first-order valence-corrected chi connectivity index (χ1v) is 5.81. The van der Waals surface area contributed by atoms with E-state index in [2.05, 4.69) is 18.0 Å². The number of halogens is 2. The number of ether oxygens (including phenoxy) is 1. The van der Waals surface area contributed by atoms with Crippen molar-refractivity contribution in [3.8, 4) is 5.75 Å². The highest BCUT2D eigenvalue weighted by molar-refractivity contribution is 5.66. The molecule has 2 nitrogen and oxygen atoms in total. The fraction of sp³-hybridized carbons (Fsp3) is 0.286. The highest BCUT2D eigenvalue weighted by atomic mass is 19.3.